The Balaban J connectivity index is 1.33. The van der Waals surface area contributed by atoms with Crippen LogP contribution in [0.15, 0.2) is 42.6 Å². The van der Waals surface area contributed by atoms with Gasteiger partial charge in [0.15, 0.2) is 0 Å². The smallest absolute Gasteiger partial charge is 0.307 e. The fraction of sp³-hybridized carbons (Fsp3) is 0.400. The molecule has 1 fully saturated rings. The Kier molecular flexibility index (Phi) is 7.37. The van der Waals surface area contributed by atoms with Crippen LogP contribution in [-0.4, -0.2) is 43.1 Å². The number of nitrogens with zero attached hydrogens (tertiary/aromatic N) is 1. The number of aliphatic carboxylic acids is 1. The number of pyridine rings is 1. The lowest BCUT2D eigenvalue weighted by atomic mass is 9.90. The highest BCUT2D eigenvalue weighted by atomic mass is 32.2. The highest BCUT2D eigenvalue weighted by Crippen LogP contribution is 2.47. The van der Waals surface area contributed by atoms with Crippen LogP contribution in [0.1, 0.15) is 59.2 Å². The number of ether oxygens (including phenoxy) is 2. The number of halogens is 1. The molecular formula is C30H32FNO6S. The van der Waals surface area contributed by atoms with E-state index >= 15 is 4.39 Å². The third kappa shape index (κ3) is 5.93. The molecule has 5 rings (SSSR count). The number of aryl methyl sites for hydroxylation is 2. The third-order valence-electron chi connectivity index (χ3n) is 7.51. The lowest BCUT2D eigenvalue weighted by Crippen LogP contribution is -2.08. The van der Waals surface area contributed by atoms with Gasteiger partial charge in [-0.2, -0.15) is 0 Å². The Bertz CT molecular complexity index is 1500. The van der Waals surface area contributed by atoms with Crippen molar-refractivity contribution in [1.82, 2.24) is 4.98 Å². The van der Waals surface area contributed by atoms with Gasteiger partial charge in [0, 0.05) is 23.4 Å². The summed E-state index contributed by atoms with van der Waals surface area (Å²) >= 11 is 0. The predicted molar refractivity (Wildman–Crippen MR) is 146 cm³/mol. The Morgan fingerprint density at radius 3 is 2.49 bits per heavy atom. The van der Waals surface area contributed by atoms with Crippen molar-refractivity contribution in [3.8, 4) is 22.6 Å². The summed E-state index contributed by atoms with van der Waals surface area (Å²) in [5, 5.41) is 9.16. The van der Waals surface area contributed by atoms with Crippen LogP contribution in [0.3, 0.4) is 0 Å². The molecule has 7 nitrogen and oxygen atoms in total. The summed E-state index contributed by atoms with van der Waals surface area (Å²) in [4.78, 5) is 15.6. The summed E-state index contributed by atoms with van der Waals surface area (Å²) < 4.78 is 49.8. The maximum Gasteiger partial charge on any atom is 0.307 e. The van der Waals surface area contributed by atoms with Gasteiger partial charge in [-0.05, 0) is 97.7 Å². The summed E-state index contributed by atoms with van der Waals surface area (Å²) in [5.74, 6) is -0.236. The van der Waals surface area contributed by atoms with Crippen LogP contribution in [0.2, 0.25) is 0 Å². The molecule has 9 heteroatoms. The Labute approximate surface area is 227 Å². The van der Waals surface area contributed by atoms with Crippen LogP contribution in [0, 0.1) is 25.6 Å². The SMILES string of the molecule is Cc1cc(OCCCS(C)(=O)=O)cc(C)c1-c1ccc(F)c2c1CC[C@H]2Oc1ccc([C@H]2C[C@@H]2C(=O)O)nc1. The first-order valence-corrected chi connectivity index (χ1v) is 15.2. The molecule has 2 aliphatic carbocycles. The molecular weight excluding hydrogens is 521 g/mol. The average molecular weight is 554 g/mol. The average Bonchev–Trinajstić information content (AvgIpc) is 3.57. The number of hydrogen-bond donors (Lipinski definition) is 1. The van der Waals surface area contributed by atoms with Crippen molar-refractivity contribution < 1.29 is 32.2 Å². The number of aromatic nitrogens is 1. The molecule has 3 atom stereocenters. The summed E-state index contributed by atoms with van der Waals surface area (Å²) in [7, 11) is -3.02. The first-order valence-electron chi connectivity index (χ1n) is 13.1. The molecule has 2 aliphatic rings. The highest BCUT2D eigenvalue weighted by Gasteiger charge is 2.45. The van der Waals surface area contributed by atoms with E-state index in [2.05, 4.69) is 4.98 Å². The second-order valence-electron chi connectivity index (χ2n) is 10.6. The van der Waals surface area contributed by atoms with Crippen molar-refractivity contribution in [3.05, 3.63) is 76.4 Å². The van der Waals surface area contributed by atoms with Gasteiger partial charge in [-0.3, -0.25) is 9.78 Å². The number of fused-ring (bicyclic) bond motifs is 1. The predicted octanol–water partition coefficient (Wildman–Crippen LogP) is 5.57. The van der Waals surface area contributed by atoms with Gasteiger partial charge in [-0.25, -0.2) is 12.8 Å². The van der Waals surface area contributed by atoms with E-state index in [0.29, 0.717) is 49.4 Å². The molecule has 0 bridgehead atoms. The standard InChI is InChI=1S/C30H32FNO6S/c1-17-13-20(37-11-4-12-39(3,35)36)14-18(2)28(17)21-6-8-25(31)29-22(21)7-10-27(29)38-19-5-9-26(32-16-19)23-15-24(23)30(33)34/h5-6,8-9,13-14,16,23-24,27H,4,7,10-12,15H2,1-3H3,(H,33,34)/t23-,24-,27+/m0/s1. The minimum Gasteiger partial charge on any atom is -0.494 e. The molecule has 39 heavy (non-hydrogen) atoms. The fourth-order valence-corrected chi connectivity index (χ4v) is 6.25. The van der Waals surface area contributed by atoms with Gasteiger partial charge in [-0.1, -0.05) is 6.07 Å². The normalized spacial score (nSPS) is 19.9. The highest BCUT2D eigenvalue weighted by molar-refractivity contribution is 7.90. The molecule has 206 valence electrons. The Morgan fingerprint density at radius 2 is 1.87 bits per heavy atom. The molecule has 1 heterocycles. The quantitative estimate of drug-likeness (QED) is 0.327. The molecule has 0 spiro atoms. The minimum absolute atomic E-state index is 0.0560. The second-order valence-corrected chi connectivity index (χ2v) is 12.9. The van der Waals surface area contributed by atoms with Gasteiger partial charge >= 0.3 is 5.97 Å². The molecule has 1 N–H and O–H groups in total. The zero-order valence-electron chi connectivity index (χ0n) is 22.2. The van der Waals surface area contributed by atoms with Crippen LogP contribution in [0.4, 0.5) is 4.39 Å². The van der Waals surface area contributed by atoms with E-state index in [9.17, 15) is 13.2 Å². The molecule has 0 radical (unpaired) electrons. The van der Waals surface area contributed by atoms with Crippen molar-refractivity contribution in [2.45, 2.75) is 51.6 Å². The van der Waals surface area contributed by atoms with E-state index in [1.165, 1.54) is 12.3 Å². The monoisotopic (exact) mass is 553 g/mol. The molecule has 3 aromatic rings. The van der Waals surface area contributed by atoms with Crippen LogP contribution in [0.5, 0.6) is 11.5 Å². The molecule has 1 saturated carbocycles. The van der Waals surface area contributed by atoms with Crippen molar-refractivity contribution in [2.75, 3.05) is 18.6 Å². The van der Waals surface area contributed by atoms with Gasteiger partial charge in [0.05, 0.1) is 24.5 Å². The van der Waals surface area contributed by atoms with E-state index < -0.39 is 21.9 Å². The molecule has 1 aromatic heterocycles. The van der Waals surface area contributed by atoms with Crippen LogP contribution in [-0.2, 0) is 21.1 Å². The summed E-state index contributed by atoms with van der Waals surface area (Å²) in [6.45, 7) is 4.30. The van der Waals surface area contributed by atoms with E-state index in [4.69, 9.17) is 14.6 Å². The topological polar surface area (TPSA) is 103 Å². The van der Waals surface area contributed by atoms with Gasteiger partial charge in [0.2, 0.25) is 0 Å². The minimum atomic E-state index is -3.02. The lowest BCUT2D eigenvalue weighted by Gasteiger charge is -2.19. The molecule has 2 aromatic carbocycles. The second kappa shape index (κ2) is 10.6. The van der Waals surface area contributed by atoms with Crippen LogP contribution in [0.25, 0.3) is 11.1 Å². The summed E-state index contributed by atoms with van der Waals surface area (Å²) in [6, 6.07) is 10.8. The van der Waals surface area contributed by atoms with E-state index in [0.717, 1.165) is 33.5 Å². The lowest BCUT2D eigenvalue weighted by molar-refractivity contribution is -0.138. The van der Waals surface area contributed by atoms with E-state index in [1.807, 2.05) is 32.0 Å². The number of hydrogen-bond acceptors (Lipinski definition) is 6. The van der Waals surface area contributed by atoms with Crippen molar-refractivity contribution in [2.24, 2.45) is 5.92 Å². The van der Waals surface area contributed by atoms with E-state index in [-0.39, 0.29) is 23.4 Å². The van der Waals surface area contributed by atoms with Crippen molar-refractivity contribution in [3.63, 3.8) is 0 Å². The molecule has 0 amide bonds. The zero-order valence-corrected chi connectivity index (χ0v) is 23.1. The summed E-state index contributed by atoms with van der Waals surface area (Å²) in [5.41, 5.74) is 6.21. The number of benzene rings is 2. The first-order chi connectivity index (χ1) is 18.5. The fourth-order valence-electron chi connectivity index (χ4n) is 5.61. The van der Waals surface area contributed by atoms with Crippen molar-refractivity contribution >= 4 is 15.8 Å². The van der Waals surface area contributed by atoms with Crippen LogP contribution < -0.4 is 9.47 Å². The summed E-state index contributed by atoms with van der Waals surface area (Å²) in [6.07, 6.45) is 4.69. The van der Waals surface area contributed by atoms with Crippen molar-refractivity contribution in [1.29, 1.82) is 0 Å². The maximum atomic E-state index is 15.1. The third-order valence-corrected chi connectivity index (χ3v) is 8.54. The number of rotatable bonds is 10. The largest absolute Gasteiger partial charge is 0.494 e. The number of carboxylic acids is 1. The first kappa shape index (κ1) is 27.1. The zero-order chi connectivity index (χ0) is 27.9. The maximum absolute atomic E-state index is 15.1. The Hall–Kier alpha value is -3.46. The van der Waals surface area contributed by atoms with Gasteiger partial charge in [-0.15, -0.1) is 0 Å². The molecule has 0 unspecified atom stereocenters. The van der Waals surface area contributed by atoms with Gasteiger partial charge in [0.25, 0.3) is 0 Å². The van der Waals surface area contributed by atoms with Gasteiger partial charge < -0.3 is 14.6 Å². The number of sulfone groups is 1. The molecule has 0 aliphatic heterocycles. The Morgan fingerprint density at radius 1 is 1.13 bits per heavy atom. The van der Waals surface area contributed by atoms with Crippen LogP contribution >= 0.6 is 0 Å². The molecule has 0 saturated heterocycles. The number of carbonyl (C=O) groups is 1. The van der Waals surface area contributed by atoms with E-state index in [1.54, 1.807) is 18.3 Å². The van der Waals surface area contributed by atoms with Gasteiger partial charge in [0.1, 0.15) is 33.3 Å². The number of carboxylic acid groups (broad SMARTS) is 1.